The molecule has 2 heteroatoms. The summed E-state index contributed by atoms with van der Waals surface area (Å²) in [5.74, 6) is 0.885. The van der Waals surface area contributed by atoms with Crippen LogP contribution in [0.5, 0.6) is 5.75 Å². The minimum Gasteiger partial charge on any atom is -0.497 e. The Morgan fingerprint density at radius 1 is 1.11 bits per heavy atom. The molecule has 2 aromatic rings. The molecule has 98 valence electrons. The number of benzene rings is 2. The molecule has 1 atom stereocenters. The second-order valence-electron chi connectivity index (χ2n) is 5.31. The van der Waals surface area contributed by atoms with E-state index in [1.165, 1.54) is 22.3 Å². The predicted octanol–water partition coefficient (Wildman–Crippen LogP) is 3.15. The molecule has 1 unspecified atom stereocenters. The van der Waals surface area contributed by atoms with Crippen LogP contribution in [0.25, 0.3) is 0 Å². The van der Waals surface area contributed by atoms with Gasteiger partial charge in [-0.15, -0.1) is 0 Å². The third kappa shape index (κ3) is 1.83. The van der Waals surface area contributed by atoms with E-state index in [1.54, 1.807) is 7.11 Å². The van der Waals surface area contributed by atoms with E-state index in [0.717, 1.165) is 18.6 Å². The molecular weight excluding hydrogens is 234 g/mol. The Labute approximate surface area is 114 Å². The van der Waals surface area contributed by atoms with Crippen molar-refractivity contribution in [3.8, 4) is 5.75 Å². The predicted molar refractivity (Wildman–Crippen MR) is 77.5 cm³/mol. The fraction of sp³-hybridized carbons (Fsp3) is 0.294. The van der Waals surface area contributed by atoms with E-state index in [9.17, 15) is 0 Å². The van der Waals surface area contributed by atoms with Crippen molar-refractivity contribution in [3.05, 3.63) is 64.7 Å². The van der Waals surface area contributed by atoms with E-state index in [-0.39, 0.29) is 5.54 Å². The van der Waals surface area contributed by atoms with Gasteiger partial charge in [-0.1, -0.05) is 30.3 Å². The maximum Gasteiger partial charge on any atom is 0.119 e. The van der Waals surface area contributed by atoms with E-state index < -0.39 is 0 Å². The summed E-state index contributed by atoms with van der Waals surface area (Å²) in [6, 6.07) is 14.7. The Kier molecular flexibility index (Phi) is 2.83. The van der Waals surface area contributed by atoms with Crippen molar-refractivity contribution in [2.75, 3.05) is 7.11 Å². The number of nitrogens with two attached hydrogens (primary N) is 1. The lowest BCUT2D eigenvalue weighted by Crippen LogP contribution is -2.36. The Balaban J connectivity index is 2.12. The van der Waals surface area contributed by atoms with E-state index in [4.69, 9.17) is 10.5 Å². The maximum atomic E-state index is 6.74. The molecule has 0 amide bonds. The molecular formula is C17H19NO. The lowest BCUT2D eigenvalue weighted by atomic mass is 9.83. The molecule has 19 heavy (non-hydrogen) atoms. The lowest BCUT2D eigenvalue weighted by molar-refractivity contribution is 0.413. The fourth-order valence-electron chi connectivity index (χ4n) is 3.18. The molecule has 2 N–H and O–H groups in total. The molecule has 0 radical (unpaired) electrons. The van der Waals surface area contributed by atoms with Crippen molar-refractivity contribution in [1.82, 2.24) is 0 Å². The first kappa shape index (κ1) is 12.2. The molecule has 0 saturated carbocycles. The Hall–Kier alpha value is -1.80. The van der Waals surface area contributed by atoms with Crippen LogP contribution < -0.4 is 10.5 Å². The van der Waals surface area contributed by atoms with Gasteiger partial charge in [0.05, 0.1) is 12.6 Å². The monoisotopic (exact) mass is 253 g/mol. The molecule has 0 heterocycles. The number of fused-ring (bicyclic) bond motifs is 1. The molecule has 0 aliphatic heterocycles. The number of rotatable bonds is 2. The minimum atomic E-state index is -0.354. The van der Waals surface area contributed by atoms with Crippen molar-refractivity contribution >= 4 is 0 Å². The molecule has 1 aliphatic rings. The molecule has 0 bridgehead atoms. The largest absolute Gasteiger partial charge is 0.497 e. The highest BCUT2D eigenvalue weighted by atomic mass is 16.5. The van der Waals surface area contributed by atoms with Crippen LogP contribution in [0, 0.1) is 6.92 Å². The topological polar surface area (TPSA) is 35.2 Å². The quantitative estimate of drug-likeness (QED) is 0.892. The van der Waals surface area contributed by atoms with Crippen LogP contribution in [0.3, 0.4) is 0 Å². The van der Waals surface area contributed by atoms with Gasteiger partial charge in [0.1, 0.15) is 5.75 Å². The smallest absolute Gasteiger partial charge is 0.119 e. The minimum absolute atomic E-state index is 0.354. The summed E-state index contributed by atoms with van der Waals surface area (Å²) in [6.45, 7) is 2.10. The first-order chi connectivity index (χ1) is 9.15. The normalized spacial score (nSPS) is 21.2. The van der Waals surface area contributed by atoms with Gasteiger partial charge in [-0.25, -0.2) is 0 Å². The van der Waals surface area contributed by atoms with Crippen molar-refractivity contribution in [2.24, 2.45) is 5.73 Å². The van der Waals surface area contributed by atoms with Crippen LogP contribution in [0.2, 0.25) is 0 Å². The SMILES string of the molecule is COc1ccc(C2(N)CCc3ccccc32)c(C)c1. The zero-order chi connectivity index (χ0) is 13.5. The maximum absolute atomic E-state index is 6.74. The molecule has 0 fully saturated rings. The number of ether oxygens (including phenoxy) is 1. The van der Waals surface area contributed by atoms with Crippen molar-refractivity contribution < 1.29 is 4.74 Å². The van der Waals surface area contributed by atoms with Gasteiger partial charge in [0.2, 0.25) is 0 Å². The van der Waals surface area contributed by atoms with Crippen molar-refractivity contribution in [1.29, 1.82) is 0 Å². The van der Waals surface area contributed by atoms with E-state index in [0.29, 0.717) is 0 Å². The molecule has 2 nitrogen and oxygen atoms in total. The first-order valence-corrected chi connectivity index (χ1v) is 6.67. The summed E-state index contributed by atoms with van der Waals surface area (Å²) in [5, 5.41) is 0. The van der Waals surface area contributed by atoms with E-state index in [2.05, 4.69) is 43.3 Å². The van der Waals surface area contributed by atoms with E-state index in [1.807, 2.05) is 6.07 Å². The highest BCUT2D eigenvalue weighted by Gasteiger charge is 2.37. The number of aryl methyl sites for hydroxylation is 2. The summed E-state index contributed by atoms with van der Waals surface area (Å²) < 4.78 is 5.27. The Bertz CT molecular complexity index is 620. The van der Waals surface area contributed by atoms with Gasteiger partial charge < -0.3 is 10.5 Å². The van der Waals surface area contributed by atoms with Crippen LogP contribution in [0.15, 0.2) is 42.5 Å². The zero-order valence-electron chi connectivity index (χ0n) is 11.4. The zero-order valence-corrected chi connectivity index (χ0v) is 11.4. The van der Waals surface area contributed by atoms with Crippen LogP contribution in [-0.4, -0.2) is 7.11 Å². The van der Waals surface area contributed by atoms with Gasteiger partial charge in [0.15, 0.2) is 0 Å². The van der Waals surface area contributed by atoms with Crippen molar-refractivity contribution in [3.63, 3.8) is 0 Å². The third-order valence-corrected chi connectivity index (χ3v) is 4.20. The summed E-state index contributed by atoms with van der Waals surface area (Å²) >= 11 is 0. The highest BCUT2D eigenvalue weighted by molar-refractivity contribution is 5.50. The van der Waals surface area contributed by atoms with Gasteiger partial charge in [0.25, 0.3) is 0 Å². The second-order valence-corrected chi connectivity index (χ2v) is 5.31. The number of hydrogen-bond donors (Lipinski definition) is 1. The highest BCUT2D eigenvalue weighted by Crippen LogP contribution is 2.41. The number of methoxy groups -OCH3 is 1. The van der Waals surface area contributed by atoms with Gasteiger partial charge >= 0.3 is 0 Å². The average molecular weight is 253 g/mol. The van der Waals surface area contributed by atoms with Crippen molar-refractivity contribution in [2.45, 2.75) is 25.3 Å². The standard InChI is InChI=1S/C17H19NO/c1-12-11-14(19-2)7-8-15(12)17(18)10-9-13-5-3-4-6-16(13)17/h3-8,11H,9-10,18H2,1-2H3. The Morgan fingerprint density at radius 3 is 2.63 bits per heavy atom. The summed E-state index contributed by atoms with van der Waals surface area (Å²) in [7, 11) is 1.69. The molecule has 0 spiro atoms. The fourth-order valence-corrected chi connectivity index (χ4v) is 3.18. The molecule has 0 aromatic heterocycles. The van der Waals surface area contributed by atoms with Gasteiger partial charge in [-0.3, -0.25) is 0 Å². The summed E-state index contributed by atoms with van der Waals surface area (Å²) in [4.78, 5) is 0. The van der Waals surface area contributed by atoms with Crippen LogP contribution in [-0.2, 0) is 12.0 Å². The molecule has 2 aromatic carbocycles. The van der Waals surface area contributed by atoms with Gasteiger partial charge in [0, 0.05) is 0 Å². The molecule has 0 saturated heterocycles. The lowest BCUT2D eigenvalue weighted by Gasteiger charge is -2.28. The van der Waals surface area contributed by atoms with E-state index >= 15 is 0 Å². The van der Waals surface area contributed by atoms with Gasteiger partial charge in [-0.05, 0) is 54.2 Å². The average Bonchev–Trinajstić information content (AvgIpc) is 2.78. The second kappa shape index (κ2) is 4.39. The summed E-state index contributed by atoms with van der Waals surface area (Å²) in [6.07, 6.45) is 2.03. The van der Waals surface area contributed by atoms with Crippen LogP contribution in [0.1, 0.15) is 28.7 Å². The molecule has 3 rings (SSSR count). The first-order valence-electron chi connectivity index (χ1n) is 6.67. The Morgan fingerprint density at radius 2 is 1.89 bits per heavy atom. The number of hydrogen-bond acceptors (Lipinski definition) is 2. The summed E-state index contributed by atoms with van der Waals surface area (Å²) in [5.41, 5.74) is 11.4. The molecule has 1 aliphatic carbocycles. The van der Waals surface area contributed by atoms with Crippen LogP contribution >= 0.6 is 0 Å². The van der Waals surface area contributed by atoms with Gasteiger partial charge in [-0.2, -0.15) is 0 Å². The third-order valence-electron chi connectivity index (χ3n) is 4.20. The van der Waals surface area contributed by atoms with Crippen LogP contribution in [0.4, 0.5) is 0 Å².